The van der Waals surface area contributed by atoms with E-state index in [2.05, 4.69) is 66.5 Å². The number of imidazole rings is 1. The van der Waals surface area contributed by atoms with Gasteiger partial charge in [0.1, 0.15) is 11.6 Å². The number of aliphatic imine (C=N–C) groups is 1. The monoisotopic (exact) mass is 432 g/mol. The zero-order valence-electron chi connectivity index (χ0n) is 18.9. The summed E-state index contributed by atoms with van der Waals surface area (Å²) in [5, 5.41) is 7.01. The van der Waals surface area contributed by atoms with Gasteiger partial charge < -0.3 is 24.8 Å². The maximum absolute atomic E-state index is 5.52. The molecule has 0 amide bonds. The van der Waals surface area contributed by atoms with Gasteiger partial charge in [-0.2, -0.15) is 0 Å². The van der Waals surface area contributed by atoms with Crippen LogP contribution in [0.4, 0.5) is 5.69 Å². The van der Waals surface area contributed by atoms with Crippen molar-refractivity contribution in [2.75, 3.05) is 38.7 Å². The van der Waals surface area contributed by atoms with E-state index in [1.807, 2.05) is 37.6 Å². The zero-order chi connectivity index (χ0) is 22.2. The summed E-state index contributed by atoms with van der Waals surface area (Å²) in [7, 11) is 3.54. The van der Waals surface area contributed by atoms with E-state index in [1.54, 1.807) is 7.11 Å². The van der Waals surface area contributed by atoms with Crippen molar-refractivity contribution in [3.63, 3.8) is 0 Å². The third kappa shape index (κ3) is 5.41. The van der Waals surface area contributed by atoms with Crippen molar-refractivity contribution in [3.8, 4) is 5.75 Å². The SMILES string of the molecule is CN=C(NCCc1nccn1Cc1ccccc1)NC1CCN(c2ccccc2OC)C1. The Morgan fingerprint density at radius 1 is 1.16 bits per heavy atom. The van der Waals surface area contributed by atoms with Crippen LogP contribution in [0.3, 0.4) is 0 Å². The predicted molar refractivity (Wildman–Crippen MR) is 130 cm³/mol. The number of para-hydroxylation sites is 2. The molecule has 32 heavy (non-hydrogen) atoms. The Bertz CT molecular complexity index is 1020. The second kappa shape index (κ2) is 10.7. The second-order valence-corrected chi connectivity index (χ2v) is 7.95. The number of methoxy groups -OCH3 is 1. The molecule has 2 aromatic carbocycles. The van der Waals surface area contributed by atoms with Crippen molar-refractivity contribution >= 4 is 11.6 Å². The molecule has 1 atom stereocenters. The average Bonchev–Trinajstić information content (AvgIpc) is 3.48. The van der Waals surface area contributed by atoms with Crippen molar-refractivity contribution in [2.24, 2.45) is 4.99 Å². The number of rotatable bonds is 8. The standard InChI is InChI=1S/C25H32N6O/c1-26-25(29-21-13-16-30(19-21)22-10-6-7-11-23(22)32-2)28-14-12-24-27-15-17-31(24)18-20-8-4-3-5-9-20/h3-11,15,17,21H,12-14,16,18-19H2,1-2H3,(H2,26,28,29). The first-order chi connectivity index (χ1) is 15.8. The smallest absolute Gasteiger partial charge is 0.191 e. The normalized spacial score (nSPS) is 16.2. The van der Waals surface area contributed by atoms with Crippen LogP contribution in [0.2, 0.25) is 0 Å². The number of benzene rings is 2. The third-order valence-electron chi connectivity index (χ3n) is 5.82. The third-order valence-corrected chi connectivity index (χ3v) is 5.82. The quantitative estimate of drug-likeness (QED) is 0.423. The molecule has 0 radical (unpaired) electrons. The summed E-state index contributed by atoms with van der Waals surface area (Å²) in [6, 6.07) is 19.0. The summed E-state index contributed by atoms with van der Waals surface area (Å²) in [6.07, 6.45) is 5.80. The number of ether oxygens (including phenoxy) is 1. The summed E-state index contributed by atoms with van der Waals surface area (Å²) >= 11 is 0. The summed E-state index contributed by atoms with van der Waals surface area (Å²) in [4.78, 5) is 11.3. The molecule has 4 rings (SSSR count). The molecular weight excluding hydrogens is 400 g/mol. The molecule has 1 fully saturated rings. The van der Waals surface area contributed by atoms with Crippen molar-refractivity contribution in [3.05, 3.63) is 78.4 Å². The lowest BCUT2D eigenvalue weighted by atomic mass is 10.2. The van der Waals surface area contributed by atoms with Crippen molar-refractivity contribution < 1.29 is 4.74 Å². The lowest BCUT2D eigenvalue weighted by Gasteiger charge is -2.22. The van der Waals surface area contributed by atoms with E-state index in [0.29, 0.717) is 6.04 Å². The van der Waals surface area contributed by atoms with Gasteiger partial charge in [0.15, 0.2) is 5.96 Å². The Balaban J connectivity index is 1.26. The molecule has 2 N–H and O–H groups in total. The van der Waals surface area contributed by atoms with Gasteiger partial charge in [-0.3, -0.25) is 4.99 Å². The molecule has 1 aliphatic heterocycles. The Hall–Kier alpha value is -3.48. The topological polar surface area (TPSA) is 66.7 Å². The number of nitrogens with zero attached hydrogens (tertiary/aromatic N) is 4. The van der Waals surface area contributed by atoms with Gasteiger partial charge >= 0.3 is 0 Å². The molecule has 1 unspecified atom stereocenters. The first-order valence-corrected chi connectivity index (χ1v) is 11.2. The summed E-state index contributed by atoms with van der Waals surface area (Å²) < 4.78 is 7.73. The van der Waals surface area contributed by atoms with Gasteiger partial charge in [0, 0.05) is 58.1 Å². The number of aromatic nitrogens is 2. The lowest BCUT2D eigenvalue weighted by Crippen LogP contribution is -2.45. The fraction of sp³-hybridized carbons (Fsp3) is 0.360. The minimum Gasteiger partial charge on any atom is -0.495 e. The van der Waals surface area contributed by atoms with Crippen LogP contribution in [0.15, 0.2) is 72.0 Å². The molecule has 168 valence electrons. The number of hydrogen-bond donors (Lipinski definition) is 2. The van der Waals surface area contributed by atoms with Gasteiger partial charge in [-0.1, -0.05) is 42.5 Å². The summed E-state index contributed by atoms with van der Waals surface area (Å²) in [5.41, 5.74) is 2.42. The molecule has 0 saturated carbocycles. The highest BCUT2D eigenvalue weighted by molar-refractivity contribution is 5.80. The Morgan fingerprint density at radius 2 is 1.97 bits per heavy atom. The number of guanidine groups is 1. The van der Waals surface area contributed by atoms with Crippen LogP contribution >= 0.6 is 0 Å². The number of hydrogen-bond acceptors (Lipinski definition) is 4. The molecule has 1 saturated heterocycles. The molecule has 3 aromatic rings. The minimum atomic E-state index is 0.339. The van der Waals surface area contributed by atoms with Crippen LogP contribution in [0.25, 0.3) is 0 Å². The van der Waals surface area contributed by atoms with E-state index in [0.717, 1.165) is 62.2 Å². The van der Waals surface area contributed by atoms with Crippen molar-refractivity contribution in [2.45, 2.75) is 25.4 Å². The van der Waals surface area contributed by atoms with Gasteiger partial charge in [-0.05, 0) is 24.1 Å². The highest BCUT2D eigenvalue weighted by Crippen LogP contribution is 2.30. The molecule has 7 nitrogen and oxygen atoms in total. The number of nitrogens with one attached hydrogen (secondary N) is 2. The molecule has 1 aliphatic rings. The Morgan fingerprint density at radius 3 is 2.78 bits per heavy atom. The molecule has 2 heterocycles. The second-order valence-electron chi connectivity index (χ2n) is 7.95. The van der Waals surface area contributed by atoms with Crippen LogP contribution in [-0.2, 0) is 13.0 Å². The van der Waals surface area contributed by atoms with Crippen LogP contribution in [0.1, 0.15) is 17.8 Å². The highest BCUT2D eigenvalue weighted by atomic mass is 16.5. The van der Waals surface area contributed by atoms with E-state index in [1.165, 1.54) is 5.56 Å². The van der Waals surface area contributed by atoms with Crippen LogP contribution in [-0.4, -0.2) is 55.3 Å². The van der Waals surface area contributed by atoms with Crippen molar-refractivity contribution in [1.82, 2.24) is 20.2 Å². The molecule has 0 bridgehead atoms. The summed E-state index contributed by atoms with van der Waals surface area (Å²) in [5.74, 6) is 2.82. The predicted octanol–water partition coefficient (Wildman–Crippen LogP) is 2.93. The van der Waals surface area contributed by atoms with Crippen molar-refractivity contribution in [1.29, 1.82) is 0 Å². The average molecular weight is 433 g/mol. The van der Waals surface area contributed by atoms with Crippen LogP contribution in [0, 0.1) is 0 Å². The molecule has 0 aliphatic carbocycles. The van der Waals surface area contributed by atoms with Gasteiger partial charge in [-0.15, -0.1) is 0 Å². The van der Waals surface area contributed by atoms with E-state index in [9.17, 15) is 0 Å². The lowest BCUT2D eigenvalue weighted by molar-refractivity contribution is 0.415. The first kappa shape index (κ1) is 21.7. The maximum Gasteiger partial charge on any atom is 0.191 e. The highest BCUT2D eigenvalue weighted by Gasteiger charge is 2.25. The first-order valence-electron chi connectivity index (χ1n) is 11.2. The fourth-order valence-corrected chi connectivity index (χ4v) is 4.16. The van der Waals surface area contributed by atoms with Crippen LogP contribution in [0.5, 0.6) is 5.75 Å². The summed E-state index contributed by atoms with van der Waals surface area (Å²) in [6.45, 7) is 3.52. The van der Waals surface area contributed by atoms with Gasteiger partial charge in [0.2, 0.25) is 0 Å². The van der Waals surface area contributed by atoms with Crippen LogP contribution < -0.4 is 20.3 Å². The number of anilines is 1. The van der Waals surface area contributed by atoms with E-state index >= 15 is 0 Å². The molecule has 7 heteroatoms. The van der Waals surface area contributed by atoms with Gasteiger partial charge in [0.05, 0.1) is 12.8 Å². The Kier molecular flexibility index (Phi) is 7.27. The minimum absolute atomic E-state index is 0.339. The van der Waals surface area contributed by atoms with Gasteiger partial charge in [-0.25, -0.2) is 4.98 Å². The maximum atomic E-state index is 5.52. The van der Waals surface area contributed by atoms with E-state index < -0.39 is 0 Å². The molecule has 1 aromatic heterocycles. The van der Waals surface area contributed by atoms with E-state index in [-0.39, 0.29) is 0 Å². The van der Waals surface area contributed by atoms with E-state index in [4.69, 9.17) is 4.74 Å². The molecule has 0 spiro atoms. The zero-order valence-corrected chi connectivity index (χ0v) is 18.9. The molecular formula is C25H32N6O. The largest absolute Gasteiger partial charge is 0.495 e. The fourth-order valence-electron chi connectivity index (χ4n) is 4.16. The Labute approximate surface area is 190 Å². The van der Waals surface area contributed by atoms with Gasteiger partial charge in [0.25, 0.3) is 0 Å².